The van der Waals surface area contributed by atoms with E-state index in [4.69, 9.17) is 0 Å². The van der Waals surface area contributed by atoms with Crippen molar-refractivity contribution in [3.05, 3.63) is 0 Å². The van der Waals surface area contributed by atoms with Gasteiger partial charge in [-0.3, -0.25) is 4.79 Å². The molecule has 0 aromatic carbocycles. The molecule has 4 N–H and O–H groups in total. The van der Waals surface area contributed by atoms with Crippen LogP contribution in [0.5, 0.6) is 0 Å². The van der Waals surface area contributed by atoms with Crippen LogP contribution in [0.3, 0.4) is 0 Å². The summed E-state index contributed by atoms with van der Waals surface area (Å²) in [6.45, 7) is 7.32. The molecule has 11 atom stereocenters. The minimum Gasteiger partial charge on any atom is -0.393 e. The summed E-state index contributed by atoms with van der Waals surface area (Å²) in [5, 5.41) is 24.4. The zero-order valence-electron chi connectivity index (χ0n) is 22.1. The largest absolute Gasteiger partial charge is 0.393 e. The Morgan fingerprint density at radius 3 is 2.43 bits per heavy atom. The van der Waals surface area contributed by atoms with Crippen LogP contribution in [-0.2, 0) is 24.8 Å². The Labute approximate surface area is 239 Å². The molecule has 1 radical (unpaired) electrons. The van der Waals surface area contributed by atoms with E-state index >= 15 is 0 Å². The first-order chi connectivity index (χ1) is 15.8. The van der Waals surface area contributed by atoms with Gasteiger partial charge in [-0.1, -0.05) is 20.8 Å². The molecule has 0 aromatic heterocycles. The average Bonchev–Trinajstić information content (AvgIpc) is 3.09. The van der Waals surface area contributed by atoms with Crippen LogP contribution in [0.15, 0.2) is 0 Å². The van der Waals surface area contributed by atoms with Gasteiger partial charge in [0, 0.05) is 53.7 Å². The summed E-state index contributed by atoms with van der Waals surface area (Å²) in [6, 6.07) is 0. The predicted octanol–water partition coefficient (Wildman–Crippen LogP) is 3.35. The maximum Gasteiger partial charge on any atom is 0.220 e. The molecule has 4 fully saturated rings. The van der Waals surface area contributed by atoms with Gasteiger partial charge in [-0.15, -0.1) is 0 Å². The minimum absolute atomic E-state index is 0. The van der Waals surface area contributed by atoms with E-state index in [-0.39, 0.29) is 70.8 Å². The van der Waals surface area contributed by atoms with E-state index in [1.807, 2.05) is 0 Å². The van der Waals surface area contributed by atoms with Gasteiger partial charge in [-0.2, -0.15) is 0 Å². The average molecular weight is 539 g/mol. The molecule has 0 aliphatic heterocycles. The van der Waals surface area contributed by atoms with Crippen molar-refractivity contribution in [3.63, 3.8) is 0 Å². The van der Waals surface area contributed by atoms with E-state index in [9.17, 15) is 23.8 Å². The number of hydrogen-bond acceptors (Lipinski definition) is 5. The number of hydrogen-bond donors (Lipinski definition) is 4. The normalized spacial score (nSPS) is 45.1. The summed E-state index contributed by atoms with van der Waals surface area (Å²) >= 11 is 4.48. The van der Waals surface area contributed by atoms with Crippen LogP contribution in [0.2, 0.25) is 0 Å². The Bertz CT molecular complexity index is 872. The van der Waals surface area contributed by atoms with Crippen molar-refractivity contribution in [1.82, 2.24) is 5.32 Å². The Hall–Kier alpha value is 0.720. The summed E-state index contributed by atoms with van der Waals surface area (Å²) in [5.41, 5.74) is 0.454. The third-order valence-corrected chi connectivity index (χ3v) is 12.1. The molecule has 1 amide bonds. The first-order valence-electron chi connectivity index (χ1n) is 13.4. The van der Waals surface area contributed by atoms with Gasteiger partial charge >= 0.3 is 0 Å². The zero-order chi connectivity index (χ0) is 24.9. The molecular formula is C26H45NNaO5S2. The first kappa shape index (κ1) is 30.3. The summed E-state index contributed by atoms with van der Waals surface area (Å²) in [7, 11) is -3.23. The quantitative estimate of drug-likeness (QED) is 0.371. The van der Waals surface area contributed by atoms with Gasteiger partial charge in [-0.25, -0.2) is 4.21 Å². The maximum absolute atomic E-state index is 12.3. The number of aliphatic hydroxyl groups excluding tert-OH is 2. The molecule has 0 aromatic rings. The fourth-order valence-electron chi connectivity index (χ4n) is 9.14. The van der Waals surface area contributed by atoms with E-state index in [2.05, 4.69) is 37.3 Å². The van der Waals surface area contributed by atoms with Crippen LogP contribution in [0, 0.1) is 46.3 Å². The van der Waals surface area contributed by atoms with Crippen LogP contribution in [0.25, 0.3) is 0 Å². The SMILES string of the molecule is C[C@H](CCC(=O)NCCS(=O)(O)=S)[C@H]1CCC2C3C(CC[C@@]21C)[C@@]1(C)CC[C@@H](O)C[C@H]1C[C@@H]3O.[Na]. The second-order valence-corrected chi connectivity index (χ2v) is 15.7. The summed E-state index contributed by atoms with van der Waals surface area (Å²) < 4.78 is 20.4. The van der Waals surface area contributed by atoms with E-state index in [1.54, 1.807) is 0 Å². The molecule has 9 heteroatoms. The second kappa shape index (κ2) is 11.4. The number of carbonyl (C=O) groups excluding carboxylic acids is 1. The van der Waals surface area contributed by atoms with Gasteiger partial charge in [0.1, 0.15) is 8.77 Å². The van der Waals surface area contributed by atoms with Gasteiger partial charge in [0.25, 0.3) is 0 Å². The number of aliphatic hydroxyl groups is 2. The second-order valence-electron chi connectivity index (χ2n) is 12.6. The van der Waals surface area contributed by atoms with Crippen molar-refractivity contribution < 1.29 is 23.8 Å². The summed E-state index contributed by atoms with van der Waals surface area (Å²) in [6.07, 6.45) is 9.16. The number of fused-ring (bicyclic) bond motifs is 5. The van der Waals surface area contributed by atoms with Gasteiger partial charge < -0.3 is 20.1 Å². The zero-order valence-corrected chi connectivity index (χ0v) is 25.7. The Kier molecular flexibility index (Phi) is 9.90. The van der Waals surface area contributed by atoms with Crippen molar-refractivity contribution in [1.29, 1.82) is 0 Å². The first-order valence-corrected chi connectivity index (χ1v) is 16.0. The summed E-state index contributed by atoms with van der Waals surface area (Å²) in [4.78, 5) is 12.3. The van der Waals surface area contributed by atoms with Crippen LogP contribution in [0.4, 0.5) is 0 Å². The van der Waals surface area contributed by atoms with Gasteiger partial charge in [0.2, 0.25) is 5.91 Å². The van der Waals surface area contributed by atoms with E-state index in [1.165, 1.54) is 25.7 Å². The van der Waals surface area contributed by atoms with Crippen molar-refractivity contribution >= 4 is 55.4 Å². The third-order valence-electron chi connectivity index (χ3n) is 10.9. The molecule has 6 nitrogen and oxygen atoms in total. The molecule has 0 saturated heterocycles. The molecule has 0 bridgehead atoms. The van der Waals surface area contributed by atoms with Gasteiger partial charge in [-0.05, 0) is 104 Å². The van der Waals surface area contributed by atoms with Crippen LogP contribution in [-0.4, -0.2) is 78.9 Å². The van der Waals surface area contributed by atoms with E-state index in [0.29, 0.717) is 41.9 Å². The number of amides is 1. The van der Waals surface area contributed by atoms with E-state index in [0.717, 1.165) is 32.1 Å². The Balaban J connectivity index is 0.00000342. The van der Waals surface area contributed by atoms with Crippen molar-refractivity contribution in [2.75, 3.05) is 12.3 Å². The van der Waals surface area contributed by atoms with Crippen molar-refractivity contribution in [2.45, 2.75) is 97.2 Å². The van der Waals surface area contributed by atoms with Crippen molar-refractivity contribution in [3.8, 4) is 0 Å². The molecule has 0 heterocycles. The topological polar surface area (TPSA) is 107 Å². The molecule has 4 unspecified atom stereocenters. The minimum atomic E-state index is -3.23. The van der Waals surface area contributed by atoms with E-state index < -0.39 is 8.77 Å². The number of carbonyl (C=O) groups is 1. The number of nitrogens with one attached hydrogen (secondary N) is 1. The van der Waals surface area contributed by atoms with Gasteiger partial charge in [0.05, 0.1) is 18.0 Å². The van der Waals surface area contributed by atoms with Crippen LogP contribution >= 0.6 is 0 Å². The molecule has 4 saturated carbocycles. The monoisotopic (exact) mass is 538 g/mol. The third kappa shape index (κ3) is 6.15. The smallest absolute Gasteiger partial charge is 0.220 e. The number of rotatable bonds is 7. The Morgan fingerprint density at radius 1 is 1.09 bits per heavy atom. The fourth-order valence-corrected chi connectivity index (χ4v) is 9.75. The maximum atomic E-state index is 12.3. The Morgan fingerprint density at radius 2 is 1.74 bits per heavy atom. The van der Waals surface area contributed by atoms with Crippen LogP contribution < -0.4 is 5.32 Å². The molecule has 0 spiro atoms. The molecular weight excluding hydrogens is 493 g/mol. The van der Waals surface area contributed by atoms with Crippen LogP contribution in [0.1, 0.15) is 85.0 Å². The molecule has 35 heavy (non-hydrogen) atoms. The van der Waals surface area contributed by atoms with Gasteiger partial charge in [0.15, 0.2) is 0 Å². The fraction of sp³-hybridized carbons (Fsp3) is 0.962. The standard InChI is InChI=1S/C26H45NO5S2.Na/c1-16(4-7-23(30)27-12-13-34(31,32)33)19-5-6-20-24-21(9-11-26(19,20)3)25(2)10-8-18(28)14-17(25)15-22(24)29;/h16-22,24,28-29H,4-15H2,1-3H3,(H,27,30)(H,31,32,33);/t16-,17+,18-,19-,20?,21?,22+,24?,25+,26-;/m1./s1. The summed E-state index contributed by atoms with van der Waals surface area (Å²) in [5.74, 6) is 2.71. The van der Waals surface area contributed by atoms with Crippen molar-refractivity contribution in [2.24, 2.45) is 46.3 Å². The molecule has 4 aliphatic rings. The molecule has 4 aliphatic carbocycles. The molecule has 197 valence electrons. The molecule has 4 rings (SSSR count). The predicted molar refractivity (Wildman–Crippen MR) is 143 cm³/mol.